The zero-order valence-electron chi connectivity index (χ0n) is 13.0. The summed E-state index contributed by atoms with van der Waals surface area (Å²) in [5, 5.41) is 9.69. The Balaban J connectivity index is 1.59. The van der Waals surface area contributed by atoms with E-state index in [1.165, 1.54) is 5.56 Å². The Morgan fingerprint density at radius 2 is 2.00 bits per heavy atom. The van der Waals surface area contributed by atoms with E-state index in [0.717, 1.165) is 19.6 Å². The normalized spacial score (nSPS) is 18.3. The molecular formula is C18H21N3O2. The van der Waals surface area contributed by atoms with Gasteiger partial charge in [-0.3, -0.25) is 4.90 Å². The van der Waals surface area contributed by atoms with Crippen LogP contribution in [0.3, 0.4) is 0 Å². The second-order valence-corrected chi connectivity index (χ2v) is 5.92. The molecule has 1 fully saturated rings. The average Bonchev–Trinajstić information content (AvgIpc) is 3.11. The molecule has 0 bridgehead atoms. The Labute approximate surface area is 135 Å². The van der Waals surface area contributed by atoms with Gasteiger partial charge in [-0.2, -0.15) is 0 Å². The van der Waals surface area contributed by atoms with Gasteiger partial charge in [0.05, 0.1) is 6.33 Å². The molecule has 2 aromatic rings. The minimum Gasteiger partial charge on any atom is -0.479 e. The van der Waals surface area contributed by atoms with Crippen molar-refractivity contribution >= 4 is 12.0 Å². The van der Waals surface area contributed by atoms with E-state index >= 15 is 0 Å². The van der Waals surface area contributed by atoms with E-state index < -0.39 is 11.5 Å². The van der Waals surface area contributed by atoms with Gasteiger partial charge in [-0.05, 0) is 18.4 Å². The number of benzene rings is 1. The Kier molecular flexibility index (Phi) is 4.57. The maximum Gasteiger partial charge on any atom is 0.330 e. The molecule has 1 aromatic carbocycles. The van der Waals surface area contributed by atoms with Crippen LogP contribution in [-0.4, -0.2) is 45.2 Å². The summed E-state index contributed by atoms with van der Waals surface area (Å²) in [5.74, 6) is -0.769. The van der Waals surface area contributed by atoms with Gasteiger partial charge in [0.15, 0.2) is 0 Å². The van der Waals surface area contributed by atoms with E-state index in [4.69, 9.17) is 0 Å². The van der Waals surface area contributed by atoms with E-state index in [-0.39, 0.29) is 0 Å². The predicted octanol–water partition coefficient (Wildman–Crippen LogP) is 2.47. The summed E-state index contributed by atoms with van der Waals surface area (Å²) in [4.78, 5) is 18.1. The van der Waals surface area contributed by atoms with Crippen molar-refractivity contribution in [1.29, 1.82) is 0 Å². The number of imidazole rings is 1. The molecule has 23 heavy (non-hydrogen) atoms. The largest absolute Gasteiger partial charge is 0.479 e. The Morgan fingerprint density at radius 1 is 1.26 bits per heavy atom. The molecule has 5 nitrogen and oxygen atoms in total. The zero-order valence-corrected chi connectivity index (χ0v) is 13.0. The second kappa shape index (κ2) is 6.79. The lowest BCUT2D eigenvalue weighted by atomic mass is 9.87. The molecule has 2 heterocycles. The van der Waals surface area contributed by atoms with Crippen molar-refractivity contribution in [2.24, 2.45) is 0 Å². The fraction of sp³-hybridized carbons (Fsp3) is 0.333. The van der Waals surface area contributed by atoms with Gasteiger partial charge in [0.2, 0.25) is 0 Å². The van der Waals surface area contributed by atoms with Crippen molar-refractivity contribution in [3.8, 4) is 0 Å². The molecule has 1 aliphatic rings. The van der Waals surface area contributed by atoms with E-state index in [0.29, 0.717) is 12.8 Å². The molecule has 1 saturated heterocycles. The Bertz CT molecular complexity index is 657. The van der Waals surface area contributed by atoms with Crippen LogP contribution in [0.1, 0.15) is 18.4 Å². The van der Waals surface area contributed by atoms with E-state index in [1.54, 1.807) is 23.3 Å². The molecule has 120 valence electrons. The van der Waals surface area contributed by atoms with Crippen LogP contribution < -0.4 is 0 Å². The first-order chi connectivity index (χ1) is 11.2. The first-order valence-corrected chi connectivity index (χ1v) is 7.86. The summed E-state index contributed by atoms with van der Waals surface area (Å²) in [6.45, 7) is 2.38. The van der Waals surface area contributed by atoms with Gasteiger partial charge in [0, 0.05) is 32.0 Å². The van der Waals surface area contributed by atoms with Gasteiger partial charge in [-0.25, -0.2) is 9.78 Å². The highest BCUT2D eigenvalue weighted by atomic mass is 16.4. The first kappa shape index (κ1) is 15.5. The lowest BCUT2D eigenvalue weighted by Crippen LogP contribution is -2.50. The standard InChI is InChI=1S/C18H21N3O2/c22-17(23)18(21-14-10-19-15-21)8-12-20(13-9-18)11-4-7-16-5-2-1-3-6-16/h1-7,10,14-15H,8-9,11-13H2,(H,22,23). The quantitative estimate of drug-likeness (QED) is 0.921. The second-order valence-electron chi connectivity index (χ2n) is 5.92. The highest BCUT2D eigenvalue weighted by Crippen LogP contribution is 2.30. The number of carboxylic acids is 1. The van der Waals surface area contributed by atoms with Crippen molar-refractivity contribution in [1.82, 2.24) is 14.5 Å². The van der Waals surface area contributed by atoms with Crippen molar-refractivity contribution < 1.29 is 9.90 Å². The summed E-state index contributed by atoms with van der Waals surface area (Å²) in [6.07, 6.45) is 10.4. The molecule has 0 aliphatic carbocycles. The third-order valence-electron chi connectivity index (χ3n) is 4.55. The smallest absolute Gasteiger partial charge is 0.330 e. The number of aromatic nitrogens is 2. The van der Waals surface area contributed by atoms with E-state index in [9.17, 15) is 9.90 Å². The molecule has 0 amide bonds. The van der Waals surface area contributed by atoms with Crippen LogP contribution in [0.5, 0.6) is 0 Å². The fourth-order valence-corrected chi connectivity index (χ4v) is 3.10. The van der Waals surface area contributed by atoms with Crippen molar-refractivity contribution in [3.63, 3.8) is 0 Å². The predicted molar refractivity (Wildman–Crippen MR) is 89.0 cm³/mol. The molecule has 1 aromatic heterocycles. The van der Waals surface area contributed by atoms with Crippen LogP contribution in [0.2, 0.25) is 0 Å². The molecule has 0 unspecified atom stereocenters. The van der Waals surface area contributed by atoms with E-state index in [1.807, 2.05) is 18.2 Å². The van der Waals surface area contributed by atoms with Crippen LogP contribution >= 0.6 is 0 Å². The van der Waals surface area contributed by atoms with Crippen LogP contribution in [-0.2, 0) is 10.3 Å². The van der Waals surface area contributed by atoms with Crippen LogP contribution in [0, 0.1) is 0 Å². The SMILES string of the molecule is O=C(O)C1(n2ccnc2)CCN(CC=Cc2ccccc2)CC1. The van der Waals surface area contributed by atoms with Gasteiger partial charge in [0.25, 0.3) is 0 Å². The van der Waals surface area contributed by atoms with Crippen molar-refractivity contribution in [2.75, 3.05) is 19.6 Å². The highest BCUT2D eigenvalue weighted by Gasteiger charge is 2.42. The third-order valence-corrected chi connectivity index (χ3v) is 4.55. The molecule has 1 N–H and O–H groups in total. The molecule has 1 aliphatic heterocycles. The molecule has 0 radical (unpaired) electrons. The van der Waals surface area contributed by atoms with Gasteiger partial charge < -0.3 is 9.67 Å². The topological polar surface area (TPSA) is 58.4 Å². The van der Waals surface area contributed by atoms with E-state index in [2.05, 4.69) is 34.2 Å². The maximum atomic E-state index is 11.8. The number of carboxylic acid groups (broad SMARTS) is 1. The minimum atomic E-state index is -0.851. The monoisotopic (exact) mass is 311 g/mol. The molecule has 3 rings (SSSR count). The molecule has 0 atom stereocenters. The summed E-state index contributed by atoms with van der Waals surface area (Å²) in [7, 11) is 0. The number of rotatable bonds is 5. The van der Waals surface area contributed by atoms with Crippen LogP contribution in [0.15, 0.2) is 55.1 Å². The van der Waals surface area contributed by atoms with Gasteiger partial charge in [-0.1, -0.05) is 42.5 Å². The fourth-order valence-electron chi connectivity index (χ4n) is 3.10. The molecular weight excluding hydrogens is 290 g/mol. The first-order valence-electron chi connectivity index (χ1n) is 7.86. The molecule has 5 heteroatoms. The number of likely N-dealkylation sites (tertiary alicyclic amines) is 1. The lowest BCUT2D eigenvalue weighted by molar-refractivity contribution is -0.150. The van der Waals surface area contributed by atoms with Crippen molar-refractivity contribution in [2.45, 2.75) is 18.4 Å². The van der Waals surface area contributed by atoms with Gasteiger partial charge in [-0.15, -0.1) is 0 Å². The van der Waals surface area contributed by atoms with Crippen LogP contribution in [0.4, 0.5) is 0 Å². The number of hydrogen-bond acceptors (Lipinski definition) is 3. The maximum absolute atomic E-state index is 11.8. The summed E-state index contributed by atoms with van der Waals surface area (Å²) < 4.78 is 1.74. The van der Waals surface area contributed by atoms with Gasteiger partial charge >= 0.3 is 5.97 Å². The molecule has 0 spiro atoms. The summed E-state index contributed by atoms with van der Waals surface area (Å²) >= 11 is 0. The number of piperidine rings is 1. The van der Waals surface area contributed by atoms with Crippen molar-refractivity contribution in [3.05, 3.63) is 60.7 Å². The Hall–Kier alpha value is -2.40. The zero-order chi connectivity index (χ0) is 16.1. The number of nitrogens with zero attached hydrogens (tertiary/aromatic N) is 3. The number of carbonyl (C=O) groups is 1. The summed E-state index contributed by atoms with van der Waals surface area (Å²) in [6, 6.07) is 10.2. The third kappa shape index (κ3) is 3.35. The lowest BCUT2D eigenvalue weighted by Gasteiger charge is -2.39. The average molecular weight is 311 g/mol. The minimum absolute atomic E-state index is 0.595. The highest BCUT2D eigenvalue weighted by molar-refractivity contribution is 5.77. The Morgan fingerprint density at radius 3 is 2.61 bits per heavy atom. The van der Waals surface area contributed by atoms with Crippen LogP contribution in [0.25, 0.3) is 6.08 Å². The van der Waals surface area contributed by atoms with Gasteiger partial charge in [0.1, 0.15) is 5.54 Å². The number of hydrogen-bond donors (Lipinski definition) is 1. The molecule has 0 saturated carbocycles. The summed E-state index contributed by atoms with van der Waals surface area (Å²) in [5.41, 5.74) is 0.332. The number of aliphatic carboxylic acids is 1.